The number of alkyl halides is 3. The van der Waals surface area contributed by atoms with Crippen LogP contribution in [0.5, 0.6) is 0 Å². The van der Waals surface area contributed by atoms with Crippen LogP contribution in [0.4, 0.5) is 13.2 Å². The van der Waals surface area contributed by atoms with E-state index in [0.717, 1.165) is 0 Å². The van der Waals surface area contributed by atoms with Crippen molar-refractivity contribution in [2.75, 3.05) is 0 Å². The highest BCUT2D eigenvalue weighted by atomic mass is 19.4. The number of aliphatic hydroxyl groups is 1. The van der Waals surface area contributed by atoms with Gasteiger partial charge in [0.15, 0.2) is 5.78 Å². The highest BCUT2D eigenvalue weighted by molar-refractivity contribution is 5.92. The van der Waals surface area contributed by atoms with Crippen molar-refractivity contribution in [3.63, 3.8) is 0 Å². The topological polar surface area (TPSA) is 138 Å². The van der Waals surface area contributed by atoms with Crippen molar-refractivity contribution < 1.29 is 52.4 Å². The summed E-state index contributed by atoms with van der Waals surface area (Å²) in [6, 6.07) is 0. The first-order valence-corrected chi connectivity index (χ1v) is 12.6. The Balaban J connectivity index is 1.90. The van der Waals surface area contributed by atoms with Gasteiger partial charge in [0.25, 0.3) is 0 Å². The van der Waals surface area contributed by atoms with Crippen molar-refractivity contribution in [1.82, 2.24) is 0 Å². The molecule has 0 spiro atoms. The first-order chi connectivity index (χ1) is 16.9. The fourth-order valence-corrected chi connectivity index (χ4v) is 8.32. The lowest BCUT2D eigenvalue weighted by atomic mass is 9.40. The fourth-order valence-electron chi connectivity index (χ4n) is 8.32. The summed E-state index contributed by atoms with van der Waals surface area (Å²) >= 11 is 0. The summed E-state index contributed by atoms with van der Waals surface area (Å²) in [5, 5.41) is 31.4. The lowest BCUT2D eigenvalue weighted by molar-refractivity contribution is -0.238. The zero-order valence-electron chi connectivity index (χ0n) is 21.1. The molecule has 37 heavy (non-hydrogen) atoms. The number of fused-ring (bicyclic) bond motifs is 5. The standard InChI is InChI=1S/C26H33F3O8/c1-22-7-4-14(30)10-13(22)11-23(2,20(33)34)18-15-5-8-25(36,9-6-17(31)32)24(15,3)12-16(19(18)22)37-21(35)26(27,28)29/h10,15-16,18-19,36H,4-9,11-12H2,1-3H3,(H,31,32)(H,33,34)/t15-,16?,18-,19-,22-,23?,24-,25-/m0/s1. The highest BCUT2D eigenvalue weighted by Crippen LogP contribution is 2.72. The molecule has 0 aliphatic heterocycles. The van der Waals surface area contributed by atoms with Crippen LogP contribution in [-0.2, 0) is 23.9 Å². The molecule has 0 aromatic carbocycles. The summed E-state index contributed by atoms with van der Waals surface area (Å²) < 4.78 is 45.3. The number of hydrogen-bond donors (Lipinski definition) is 3. The predicted octanol–water partition coefficient (Wildman–Crippen LogP) is 3.90. The number of allylic oxidation sites excluding steroid dienone is 1. The summed E-state index contributed by atoms with van der Waals surface area (Å²) in [5.74, 6) is -7.02. The smallest absolute Gasteiger partial charge is 0.481 e. The molecule has 0 saturated heterocycles. The van der Waals surface area contributed by atoms with E-state index in [9.17, 15) is 47.7 Å². The van der Waals surface area contributed by atoms with Gasteiger partial charge >= 0.3 is 24.1 Å². The molecule has 4 rings (SSSR count). The van der Waals surface area contributed by atoms with Crippen molar-refractivity contribution in [1.29, 1.82) is 0 Å². The Kier molecular flexibility index (Phi) is 6.37. The lowest BCUT2D eigenvalue weighted by Crippen LogP contribution is -2.66. The number of aliphatic carboxylic acids is 2. The van der Waals surface area contributed by atoms with E-state index >= 15 is 0 Å². The molecule has 0 bridgehead atoms. The largest absolute Gasteiger partial charge is 0.490 e. The second kappa shape index (κ2) is 8.54. The van der Waals surface area contributed by atoms with E-state index in [1.54, 1.807) is 13.8 Å². The van der Waals surface area contributed by atoms with Crippen LogP contribution in [0.2, 0.25) is 0 Å². The van der Waals surface area contributed by atoms with Gasteiger partial charge in [0.1, 0.15) is 6.10 Å². The highest BCUT2D eigenvalue weighted by Gasteiger charge is 2.72. The van der Waals surface area contributed by atoms with Gasteiger partial charge in [-0.15, -0.1) is 0 Å². The number of esters is 1. The van der Waals surface area contributed by atoms with Crippen molar-refractivity contribution >= 4 is 23.7 Å². The minimum atomic E-state index is -5.28. The third-order valence-corrected chi connectivity index (χ3v) is 10.3. The Morgan fingerprint density at radius 1 is 1.11 bits per heavy atom. The summed E-state index contributed by atoms with van der Waals surface area (Å²) in [6.07, 6.45) is -5.06. The molecule has 3 fully saturated rings. The number of carbonyl (C=O) groups is 4. The first kappa shape index (κ1) is 27.6. The van der Waals surface area contributed by atoms with Crippen molar-refractivity contribution in [2.24, 2.45) is 34.0 Å². The normalized spacial score (nSPS) is 43.2. The van der Waals surface area contributed by atoms with E-state index in [1.165, 1.54) is 13.0 Å². The molecule has 3 saturated carbocycles. The van der Waals surface area contributed by atoms with Gasteiger partial charge in [0, 0.05) is 24.2 Å². The number of carboxylic acids is 2. The van der Waals surface area contributed by atoms with Gasteiger partial charge in [0.2, 0.25) is 0 Å². The van der Waals surface area contributed by atoms with Crippen LogP contribution in [0.3, 0.4) is 0 Å². The zero-order chi connectivity index (χ0) is 27.8. The van der Waals surface area contributed by atoms with E-state index in [1.807, 2.05) is 0 Å². The quantitative estimate of drug-likeness (QED) is 0.455. The molecule has 2 unspecified atom stereocenters. The fraction of sp³-hybridized carbons (Fsp3) is 0.769. The van der Waals surface area contributed by atoms with E-state index in [2.05, 4.69) is 0 Å². The Labute approximate surface area is 212 Å². The Morgan fingerprint density at radius 2 is 1.76 bits per heavy atom. The number of ether oxygens (including phenoxy) is 1. The molecular formula is C26H33F3O8. The predicted molar refractivity (Wildman–Crippen MR) is 121 cm³/mol. The minimum absolute atomic E-state index is 0.00577. The number of halogens is 3. The van der Waals surface area contributed by atoms with Crippen LogP contribution in [0.15, 0.2) is 11.6 Å². The second-order valence-corrected chi connectivity index (χ2v) is 12.1. The maximum absolute atomic E-state index is 13.4. The summed E-state index contributed by atoms with van der Waals surface area (Å²) in [4.78, 5) is 48.5. The zero-order valence-corrected chi connectivity index (χ0v) is 21.1. The maximum Gasteiger partial charge on any atom is 0.490 e. The van der Waals surface area contributed by atoms with Crippen molar-refractivity contribution in [2.45, 2.75) is 90.0 Å². The molecule has 0 aromatic heterocycles. The Bertz CT molecular complexity index is 1070. The van der Waals surface area contributed by atoms with Crippen LogP contribution in [-0.4, -0.2) is 56.9 Å². The van der Waals surface area contributed by atoms with Crippen LogP contribution in [0.1, 0.15) is 72.1 Å². The van der Waals surface area contributed by atoms with E-state index in [-0.39, 0.29) is 50.7 Å². The van der Waals surface area contributed by atoms with Gasteiger partial charge in [-0.3, -0.25) is 14.4 Å². The third-order valence-electron chi connectivity index (χ3n) is 10.3. The summed E-state index contributed by atoms with van der Waals surface area (Å²) in [5.41, 5.74) is -4.65. The third kappa shape index (κ3) is 4.08. The second-order valence-electron chi connectivity index (χ2n) is 12.1. The molecule has 206 valence electrons. The van der Waals surface area contributed by atoms with Crippen LogP contribution in [0, 0.1) is 34.0 Å². The Hall–Kier alpha value is -2.43. The molecule has 0 radical (unpaired) electrons. The average molecular weight is 531 g/mol. The molecule has 3 N–H and O–H groups in total. The summed E-state index contributed by atoms with van der Waals surface area (Å²) in [6.45, 7) is 4.96. The molecule has 0 heterocycles. The number of carboxylic acid groups (broad SMARTS) is 2. The molecule has 8 nitrogen and oxygen atoms in total. The molecule has 0 amide bonds. The van der Waals surface area contributed by atoms with Gasteiger partial charge < -0.3 is 20.1 Å². The van der Waals surface area contributed by atoms with Crippen LogP contribution >= 0.6 is 0 Å². The maximum atomic E-state index is 13.4. The molecule has 4 aliphatic carbocycles. The molecule has 8 atom stereocenters. The molecular weight excluding hydrogens is 497 g/mol. The summed E-state index contributed by atoms with van der Waals surface area (Å²) in [7, 11) is 0. The van der Waals surface area contributed by atoms with E-state index in [0.29, 0.717) is 12.0 Å². The van der Waals surface area contributed by atoms with E-state index in [4.69, 9.17) is 4.74 Å². The number of rotatable bonds is 5. The minimum Gasteiger partial charge on any atom is -0.481 e. The van der Waals surface area contributed by atoms with Crippen molar-refractivity contribution in [3.05, 3.63) is 11.6 Å². The van der Waals surface area contributed by atoms with Gasteiger partial charge in [-0.25, -0.2) is 4.79 Å². The number of ketones is 1. The van der Waals surface area contributed by atoms with Gasteiger partial charge in [-0.05, 0) is 68.8 Å². The van der Waals surface area contributed by atoms with Crippen LogP contribution < -0.4 is 0 Å². The van der Waals surface area contributed by atoms with Crippen molar-refractivity contribution in [3.8, 4) is 0 Å². The van der Waals surface area contributed by atoms with E-state index < -0.39 is 69.8 Å². The van der Waals surface area contributed by atoms with Crippen LogP contribution in [0.25, 0.3) is 0 Å². The van der Waals surface area contributed by atoms with Gasteiger partial charge in [-0.1, -0.05) is 19.4 Å². The molecule has 11 heteroatoms. The van der Waals surface area contributed by atoms with Gasteiger partial charge in [0.05, 0.1) is 11.0 Å². The molecule has 4 aliphatic rings. The monoisotopic (exact) mass is 530 g/mol. The Morgan fingerprint density at radius 3 is 2.32 bits per heavy atom. The SMILES string of the molecule is CC1(C(=O)O)CC2=CC(=O)CC[C@]2(C)[C@H]2C(OC(=O)C(F)(F)F)C[C@@]3(C)[C@@H](CC[C@]3(O)CCC(=O)O)[C@@H]21. The lowest BCUT2D eigenvalue weighted by Gasteiger charge is -2.65. The number of carbonyl (C=O) groups excluding carboxylic acids is 2. The first-order valence-electron chi connectivity index (χ1n) is 12.6. The number of hydrogen-bond acceptors (Lipinski definition) is 6. The average Bonchev–Trinajstić information content (AvgIpc) is 3.03. The molecule has 0 aromatic rings. The van der Waals surface area contributed by atoms with Gasteiger partial charge in [-0.2, -0.15) is 13.2 Å².